The fourth-order valence-electron chi connectivity index (χ4n) is 1.62. The summed E-state index contributed by atoms with van der Waals surface area (Å²) >= 11 is 0. The Hall–Kier alpha value is -2.42. The zero-order valence-corrected chi connectivity index (χ0v) is 12.6. The molecule has 0 heterocycles. The summed E-state index contributed by atoms with van der Waals surface area (Å²) in [5.74, 6) is -3.07. The first-order valence-electron chi connectivity index (χ1n) is 6.32. The molecule has 0 spiro atoms. The summed E-state index contributed by atoms with van der Waals surface area (Å²) in [4.78, 5) is 33.6. The van der Waals surface area contributed by atoms with E-state index in [1.807, 2.05) is 0 Å². The molecule has 0 aliphatic rings. The molecule has 0 aromatic heterocycles. The maximum Gasteiger partial charge on any atom is 0.326 e. The summed E-state index contributed by atoms with van der Waals surface area (Å²) in [6.45, 7) is 1.50. The number of hydrogen-bond donors (Lipinski definition) is 3. The molecule has 9 heteroatoms. The molecule has 1 aromatic rings. The summed E-state index contributed by atoms with van der Waals surface area (Å²) in [7, 11) is -3.38. The Bertz CT molecular complexity index is 681. The quantitative estimate of drug-likeness (QED) is 0.618. The second-order valence-electron chi connectivity index (χ2n) is 4.46. The number of aliphatic carboxylic acids is 1. The van der Waals surface area contributed by atoms with Gasteiger partial charge in [-0.2, -0.15) is 0 Å². The van der Waals surface area contributed by atoms with Gasteiger partial charge in [-0.3, -0.25) is 9.59 Å². The fraction of sp³-hybridized carbons (Fsp3) is 0.308. The highest BCUT2D eigenvalue weighted by molar-refractivity contribution is 7.91. The van der Waals surface area contributed by atoms with Gasteiger partial charge in [0.25, 0.3) is 5.91 Å². The van der Waals surface area contributed by atoms with Crippen molar-refractivity contribution in [1.29, 1.82) is 0 Å². The number of hydrogen-bond acceptors (Lipinski definition) is 5. The Morgan fingerprint density at radius 1 is 1.23 bits per heavy atom. The normalized spacial score (nSPS) is 12.4. The van der Waals surface area contributed by atoms with Crippen LogP contribution in [0.25, 0.3) is 0 Å². The monoisotopic (exact) mass is 328 g/mol. The van der Waals surface area contributed by atoms with Crippen molar-refractivity contribution >= 4 is 27.6 Å². The van der Waals surface area contributed by atoms with Gasteiger partial charge in [0.1, 0.15) is 6.04 Å². The molecule has 120 valence electrons. The van der Waals surface area contributed by atoms with Crippen molar-refractivity contribution in [2.45, 2.75) is 24.3 Å². The van der Waals surface area contributed by atoms with E-state index in [1.165, 1.54) is 31.2 Å². The molecule has 8 nitrogen and oxygen atoms in total. The van der Waals surface area contributed by atoms with Crippen LogP contribution < -0.4 is 11.1 Å². The van der Waals surface area contributed by atoms with Crippen LogP contribution in [0.3, 0.4) is 0 Å². The number of nitrogens with one attached hydrogen (secondary N) is 1. The molecule has 0 bridgehead atoms. The number of carboxylic acid groups (broad SMARTS) is 1. The molecule has 0 aliphatic heterocycles. The first-order valence-corrected chi connectivity index (χ1v) is 7.97. The van der Waals surface area contributed by atoms with Crippen LogP contribution in [0.4, 0.5) is 0 Å². The number of nitrogens with two attached hydrogens (primary N) is 1. The maximum atomic E-state index is 11.9. The van der Waals surface area contributed by atoms with Crippen LogP contribution >= 0.6 is 0 Å². The third-order valence-electron chi connectivity index (χ3n) is 2.86. The van der Waals surface area contributed by atoms with Gasteiger partial charge in [-0.1, -0.05) is 6.92 Å². The van der Waals surface area contributed by atoms with Crippen LogP contribution in [-0.2, 0) is 19.4 Å². The van der Waals surface area contributed by atoms with Gasteiger partial charge in [0, 0.05) is 5.56 Å². The van der Waals surface area contributed by atoms with Crippen molar-refractivity contribution in [1.82, 2.24) is 5.32 Å². The van der Waals surface area contributed by atoms with E-state index in [4.69, 9.17) is 10.8 Å². The van der Waals surface area contributed by atoms with E-state index in [9.17, 15) is 22.8 Å². The zero-order valence-electron chi connectivity index (χ0n) is 11.8. The van der Waals surface area contributed by atoms with E-state index in [1.54, 1.807) is 0 Å². The molecule has 0 saturated carbocycles. The first kappa shape index (κ1) is 17.6. The second-order valence-corrected chi connectivity index (χ2v) is 6.74. The van der Waals surface area contributed by atoms with Gasteiger partial charge in [0.05, 0.1) is 17.1 Å². The fourth-order valence-corrected chi connectivity index (χ4v) is 2.51. The smallest absolute Gasteiger partial charge is 0.326 e. The topological polar surface area (TPSA) is 144 Å². The third kappa shape index (κ3) is 4.55. The molecule has 0 saturated heterocycles. The number of sulfone groups is 1. The van der Waals surface area contributed by atoms with E-state index in [2.05, 4.69) is 5.32 Å². The molecule has 4 N–H and O–H groups in total. The highest BCUT2D eigenvalue weighted by atomic mass is 32.2. The number of carbonyl (C=O) groups is 3. The molecule has 1 unspecified atom stereocenters. The molecule has 1 aromatic carbocycles. The van der Waals surface area contributed by atoms with Crippen molar-refractivity contribution in [3.05, 3.63) is 29.8 Å². The average molecular weight is 328 g/mol. The zero-order chi connectivity index (χ0) is 16.9. The van der Waals surface area contributed by atoms with Crippen LogP contribution in [-0.4, -0.2) is 43.1 Å². The van der Waals surface area contributed by atoms with E-state index in [0.717, 1.165) is 0 Å². The van der Waals surface area contributed by atoms with Gasteiger partial charge >= 0.3 is 5.97 Å². The SMILES string of the molecule is CCS(=O)(=O)c1ccc(C(=O)NC(CC(N)=O)C(=O)O)cc1. The van der Waals surface area contributed by atoms with Crippen LogP contribution in [0, 0.1) is 0 Å². The summed E-state index contributed by atoms with van der Waals surface area (Å²) in [6, 6.07) is 3.61. The second kappa shape index (κ2) is 7.03. The number of carboxylic acids is 1. The molecule has 22 heavy (non-hydrogen) atoms. The molecule has 0 radical (unpaired) electrons. The Labute approximate surface area is 127 Å². The maximum absolute atomic E-state index is 11.9. The van der Waals surface area contributed by atoms with Crippen LogP contribution in [0.1, 0.15) is 23.7 Å². The largest absolute Gasteiger partial charge is 0.480 e. The summed E-state index contributed by atoms with van der Waals surface area (Å²) in [5.41, 5.74) is 4.98. The lowest BCUT2D eigenvalue weighted by molar-refractivity contribution is -0.140. The first-order chi connectivity index (χ1) is 10.2. The van der Waals surface area contributed by atoms with Crippen molar-refractivity contribution in [2.75, 3.05) is 5.75 Å². The lowest BCUT2D eigenvalue weighted by Crippen LogP contribution is -2.43. The minimum Gasteiger partial charge on any atom is -0.480 e. The minimum atomic E-state index is -3.38. The van der Waals surface area contributed by atoms with Gasteiger partial charge in [-0.15, -0.1) is 0 Å². The van der Waals surface area contributed by atoms with Gasteiger partial charge in [0.15, 0.2) is 9.84 Å². The predicted octanol–water partition coefficient (Wildman–Crippen LogP) is -0.461. The number of primary amides is 1. The Morgan fingerprint density at radius 2 is 1.77 bits per heavy atom. The Balaban J connectivity index is 2.90. The molecular weight excluding hydrogens is 312 g/mol. The summed E-state index contributed by atoms with van der Waals surface area (Å²) < 4.78 is 23.3. The van der Waals surface area contributed by atoms with E-state index < -0.39 is 40.1 Å². The van der Waals surface area contributed by atoms with E-state index in [0.29, 0.717) is 0 Å². The van der Waals surface area contributed by atoms with Crippen molar-refractivity contribution in [2.24, 2.45) is 5.73 Å². The third-order valence-corrected chi connectivity index (χ3v) is 4.61. The van der Waals surface area contributed by atoms with Crippen molar-refractivity contribution in [3.63, 3.8) is 0 Å². The van der Waals surface area contributed by atoms with Gasteiger partial charge in [-0.05, 0) is 24.3 Å². The lowest BCUT2D eigenvalue weighted by atomic mass is 10.1. The minimum absolute atomic E-state index is 0.0680. The van der Waals surface area contributed by atoms with E-state index >= 15 is 0 Å². The van der Waals surface area contributed by atoms with Gasteiger partial charge < -0.3 is 16.2 Å². The van der Waals surface area contributed by atoms with Crippen molar-refractivity contribution in [3.8, 4) is 0 Å². The molecule has 2 amide bonds. The Morgan fingerprint density at radius 3 is 2.18 bits per heavy atom. The Kier molecular flexibility index (Phi) is 5.63. The molecule has 1 atom stereocenters. The van der Waals surface area contributed by atoms with Gasteiger partial charge in [0.2, 0.25) is 5.91 Å². The summed E-state index contributed by atoms with van der Waals surface area (Å²) in [5, 5.41) is 11.0. The molecule has 0 fully saturated rings. The van der Waals surface area contributed by atoms with Gasteiger partial charge in [-0.25, -0.2) is 13.2 Å². The standard InChI is InChI=1S/C13H16N2O6S/c1-2-22(20,21)9-5-3-8(4-6-9)12(17)15-10(13(18)19)7-11(14)16/h3-6,10H,2,7H2,1H3,(H2,14,16)(H,15,17)(H,18,19). The highest BCUT2D eigenvalue weighted by Crippen LogP contribution is 2.12. The molecule has 1 rings (SSSR count). The number of amides is 2. The molecular formula is C13H16N2O6S. The highest BCUT2D eigenvalue weighted by Gasteiger charge is 2.23. The predicted molar refractivity (Wildman–Crippen MR) is 76.9 cm³/mol. The van der Waals surface area contributed by atoms with Crippen LogP contribution in [0.15, 0.2) is 29.2 Å². The average Bonchev–Trinajstić information content (AvgIpc) is 2.46. The van der Waals surface area contributed by atoms with Crippen LogP contribution in [0.2, 0.25) is 0 Å². The summed E-state index contributed by atoms with van der Waals surface area (Å²) in [6.07, 6.45) is -0.538. The number of carbonyl (C=O) groups excluding carboxylic acids is 2. The van der Waals surface area contributed by atoms with Crippen LogP contribution in [0.5, 0.6) is 0 Å². The van der Waals surface area contributed by atoms with Crippen molar-refractivity contribution < 1.29 is 27.9 Å². The number of benzene rings is 1. The van der Waals surface area contributed by atoms with E-state index in [-0.39, 0.29) is 16.2 Å². The lowest BCUT2D eigenvalue weighted by Gasteiger charge is -2.13. The number of rotatable bonds is 7. The molecule has 0 aliphatic carbocycles.